The minimum absolute atomic E-state index is 0.268. The van der Waals surface area contributed by atoms with Gasteiger partial charge < -0.3 is 14.8 Å². The number of alkyl carbamates (subject to hydrolysis) is 1. The average molecular weight is 265 g/mol. The van der Waals surface area contributed by atoms with Crippen molar-refractivity contribution in [3.63, 3.8) is 0 Å². The molecule has 5 nitrogen and oxygen atoms in total. The van der Waals surface area contributed by atoms with Gasteiger partial charge in [0.1, 0.15) is 18.0 Å². The van der Waals surface area contributed by atoms with Gasteiger partial charge in [0, 0.05) is 0 Å². The SMILES string of the molecule is CC(C)(C)OC(=O)NCCOc1ccccc1C=O. The second kappa shape index (κ2) is 6.78. The van der Waals surface area contributed by atoms with Gasteiger partial charge >= 0.3 is 6.09 Å². The summed E-state index contributed by atoms with van der Waals surface area (Å²) in [6.07, 6.45) is 0.246. The van der Waals surface area contributed by atoms with E-state index in [1.807, 2.05) is 0 Å². The number of ether oxygens (including phenoxy) is 2. The molecule has 1 aromatic carbocycles. The van der Waals surface area contributed by atoms with Gasteiger partial charge in [0.05, 0.1) is 12.1 Å². The number of carbonyl (C=O) groups excluding carboxylic acids is 2. The number of nitrogens with one attached hydrogen (secondary N) is 1. The molecule has 0 unspecified atom stereocenters. The molecule has 0 aliphatic carbocycles. The summed E-state index contributed by atoms with van der Waals surface area (Å²) in [4.78, 5) is 22.1. The van der Waals surface area contributed by atoms with Gasteiger partial charge in [-0.3, -0.25) is 4.79 Å². The van der Waals surface area contributed by atoms with Crippen molar-refractivity contribution in [3.05, 3.63) is 29.8 Å². The Balaban J connectivity index is 2.31. The topological polar surface area (TPSA) is 64.6 Å². The smallest absolute Gasteiger partial charge is 0.407 e. The van der Waals surface area contributed by atoms with Crippen LogP contribution >= 0.6 is 0 Å². The van der Waals surface area contributed by atoms with E-state index in [9.17, 15) is 9.59 Å². The Morgan fingerprint density at radius 1 is 1.32 bits per heavy atom. The van der Waals surface area contributed by atoms with Crippen LogP contribution in [0.3, 0.4) is 0 Å². The lowest BCUT2D eigenvalue weighted by atomic mass is 10.2. The van der Waals surface area contributed by atoms with Crippen LogP contribution < -0.4 is 10.1 Å². The highest BCUT2D eigenvalue weighted by atomic mass is 16.6. The molecule has 5 heteroatoms. The van der Waals surface area contributed by atoms with Gasteiger partial charge in [-0.25, -0.2) is 4.79 Å². The first-order chi connectivity index (χ1) is 8.92. The number of amides is 1. The van der Waals surface area contributed by atoms with E-state index in [2.05, 4.69) is 5.32 Å². The van der Waals surface area contributed by atoms with Gasteiger partial charge in [0.2, 0.25) is 0 Å². The zero-order chi connectivity index (χ0) is 14.3. The summed E-state index contributed by atoms with van der Waals surface area (Å²) in [5, 5.41) is 2.57. The molecule has 0 saturated heterocycles. The van der Waals surface area contributed by atoms with Crippen LogP contribution in [-0.2, 0) is 4.74 Å². The monoisotopic (exact) mass is 265 g/mol. The second-order valence-electron chi connectivity index (χ2n) is 4.93. The molecular formula is C14H19NO4. The first-order valence-corrected chi connectivity index (χ1v) is 6.06. The van der Waals surface area contributed by atoms with Crippen LogP contribution in [0.25, 0.3) is 0 Å². The fourth-order valence-electron chi connectivity index (χ4n) is 1.34. The van der Waals surface area contributed by atoms with Crippen LogP contribution in [0, 0.1) is 0 Å². The normalized spacial score (nSPS) is 10.7. The third kappa shape index (κ3) is 5.90. The molecule has 0 saturated carbocycles. The Bertz CT molecular complexity index is 437. The molecule has 1 N–H and O–H groups in total. The summed E-state index contributed by atoms with van der Waals surface area (Å²) >= 11 is 0. The maximum Gasteiger partial charge on any atom is 0.407 e. The van der Waals surface area contributed by atoms with Crippen LogP contribution in [0.15, 0.2) is 24.3 Å². The van der Waals surface area contributed by atoms with E-state index in [1.165, 1.54) is 0 Å². The molecule has 1 aromatic rings. The standard InChI is InChI=1S/C14H19NO4/c1-14(2,3)19-13(17)15-8-9-18-12-7-5-4-6-11(12)10-16/h4-7,10H,8-9H2,1-3H3,(H,15,17). The number of rotatable bonds is 5. The van der Waals surface area contributed by atoms with Crippen molar-refractivity contribution in [3.8, 4) is 5.75 Å². The fraction of sp³-hybridized carbons (Fsp3) is 0.429. The van der Waals surface area contributed by atoms with Gasteiger partial charge in [-0.05, 0) is 32.9 Å². The molecule has 0 aliphatic rings. The molecule has 0 radical (unpaired) electrons. The first-order valence-electron chi connectivity index (χ1n) is 6.06. The highest BCUT2D eigenvalue weighted by molar-refractivity contribution is 5.79. The number of hydrogen-bond acceptors (Lipinski definition) is 4. The number of para-hydroxylation sites is 1. The molecule has 19 heavy (non-hydrogen) atoms. The highest BCUT2D eigenvalue weighted by Crippen LogP contribution is 2.15. The number of hydrogen-bond donors (Lipinski definition) is 1. The molecule has 1 amide bonds. The zero-order valence-corrected chi connectivity index (χ0v) is 11.4. The van der Waals surface area contributed by atoms with Crippen molar-refractivity contribution in [1.29, 1.82) is 0 Å². The van der Waals surface area contributed by atoms with E-state index in [0.29, 0.717) is 17.9 Å². The quantitative estimate of drug-likeness (QED) is 0.656. The highest BCUT2D eigenvalue weighted by Gasteiger charge is 2.15. The Hall–Kier alpha value is -2.04. The van der Waals surface area contributed by atoms with Gasteiger partial charge in [-0.2, -0.15) is 0 Å². The van der Waals surface area contributed by atoms with Gasteiger partial charge in [-0.15, -0.1) is 0 Å². The Labute approximate surface area is 112 Å². The Morgan fingerprint density at radius 3 is 2.63 bits per heavy atom. The van der Waals surface area contributed by atoms with Gasteiger partial charge in [0.25, 0.3) is 0 Å². The van der Waals surface area contributed by atoms with Crippen LogP contribution in [0.1, 0.15) is 31.1 Å². The average Bonchev–Trinajstić information content (AvgIpc) is 2.33. The summed E-state index contributed by atoms with van der Waals surface area (Å²) in [5.41, 5.74) is -0.0329. The summed E-state index contributed by atoms with van der Waals surface area (Å²) < 4.78 is 10.5. The van der Waals surface area contributed by atoms with Crippen molar-refractivity contribution < 1.29 is 19.1 Å². The molecule has 0 fully saturated rings. The molecule has 0 aliphatic heterocycles. The van der Waals surface area contributed by atoms with Crippen molar-refractivity contribution in [2.24, 2.45) is 0 Å². The van der Waals surface area contributed by atoms with E-state index < -0.39 is 11.7 Å². The van der Waals surface area contributed by atoms with Crippen molar-refractivity contribution >= 4 is 12.4 Å². The number of carbonyl (C=O) groups is 2. The summed E-state index contributed by atoms with van der Waals surface area (Å²) in [5.74, 6) is 0.503. The molecule has 104 valence electrons. The molecule has 0 spiro atoms. The molecule has 0 bridgehead atoms. The third-order valence-corrected chi connectivity index (χ3v) is 2.07. The lowest BCUT2D eigenvalue weighted by Gasteiger charge is -2.19. The minimum atomic E-state index is -0.519. The van der Waals surface area contributed by atoms with Crippen molar-refractivity contribution in [2.75, 3.05) is 13.2 Å². The van der Waals surface area contributed by atoms with E-state index in [0.717, 1.165) is 6.29 Å². The lowest BCUT2D eigenvalue weighted by molar-refractivity contribution is 0.0520. The lowest BCUT2D eigenvalue weighted by Crippen LogP contribution is -2.34. The number of aldehydes is 1. The van der Waals surface area contributed by atoms with Crippen LogP contribution in [-0.4, -0.2) is 31.1 Å². The van der Waals surface area contributed by atoms with E-state index in [1.54, 1.807) is 45.0 Å². The second-order valence-corrected chi connectivity index (χ2v) is 4.93. The molecule has 0 aromatic heterocycles. The maximum atomic E-state index is 11.3. The van der Waals surface area contributed by atoms with Crippen molar-refractivity contribution in [2.45, 2.75) is 26.4 Å². The van der Waals surface area contributed by atoms with E-state index in [4.69, 9.17) is 9.47 Å². The third-order valence-electron chi connectivity index (χ3n) is 2.07. The molecule has 0 heterocycles. The zero-order valence-electron chi connectivity index (χ0n) is 11.4. The molecule has 1 rings (SSSR count). The Kier molecular flexibility index (Phi) is 5.36. The number of benzene rings is 1. The van der Waals surface area contributed by atoms with Crippen LogP contribution in [0.2, 0.25) is 0 Å². The van der Waals surface area contributed by atoms with Gasteiger partial charge in [-0.1, -0.05) is 12.1 Å². The first kappa shape index (κ1) is 15.0. The molecular weight excluding hydrogens is 246 g/mol. The van der Waals surface area contributed by atoms with E-state index in [-0.39, 0.29) is 6.61 Å². The van der Waals surface area contributed by atoms with E-state index >= 15 is 0 Å². The molecule has 0 atom stereocenters. The van der Waals surface area contributed by atoms with Crippen LogP contribution in [0.5, 0.6) is 5.75 Å². The maximum absolute atomic E-state index is 11.3. The fourth-order valence-corrected chi connectivity index (χ4v) is 1.34. The minimum Gasteiger partial charge on any atom is -0.491 e. The van der Waals surface area contributed by atoms with Crippen LogP contribution in [0.4, 0.5) is 4.79 Å². The Morgan fingerprint density at radius 2 is 2.00 bits per heavy atom. The predicted molar refractivity (Wildman–Crippen MR) is 71.6 cm³/mol. The summed E-state index contributed by atoms with van der Waals surface area (Å²) in [6.45, 7) is 5.96. The predicted octanol–water partition coefficient (Wildman–Crippen LogP) is 2.40. The largest absolute Gasteiger partial charge is 0.491 e. The van der Waals surface area contributed by atoms with Gasteiger partial charge in [0.15, 0.2) is 6.29 Å². The summed E-state index contributed by atoms with van der Waals surface area (Å²) in [7, 11) is 0. The van der Waals surface area contributed by atoms with Crippen molar-refractivity contribution in [1.82, 2.24) is 5.32 Å². The summed E-state index contributed by atoms with van der Waals surface area (Å²) in [6, 6.07) is 6.92.